The number of hydrogen-bond acceptors (Lipinski definition) is 7. The Morgan fingerprint density at radius 2 is 1.76 bits per heavy atom. The first kappa shape index (κ1) is 28.4. The highest BCUT2D eigenvalue weighted by Crippen LogP contribution is 2.33. The Bertz CT molecular complexity index is 1720. The number of carbonyl (C=O) groups is 1. The lowest BCUT2D eigenvalue weighted by atomic mass is 10.0. The summed E-state index contributed by atoms with van der Waals surface area (Å²) < 4.78 is 19.1. The average Bonchev–Trinajstić information content (AvgIpc) is 3.42. The molecule has 41 heavy (non-hydrogen) atoms. The maximum Gasteiger partial charge on any atom is 0.309 e. The summed E-state index contributed by atoms with van der Waals surface area (Å²) in [6.45, 7) is 3.79. The van der Waals surface area contributed by atoms with Crippen LogP contribution < -0.4 is 15.0 Å². The van der Waals surface area contributed by atoms with Gasteiger partial charge in [-0.15, -0.1) is 11.3 Å². The number of esters is 1. The first-order valence-corrected chi connectivity index (χ1v) is 14.3. The van der Waals surface area contributed by atoms with E-state index in [2.05, 4.69) is 4.98 Å². The standard InChI is InChI=1S/C32H29ClN2O5S/c1-20(15-22-7-5-4-6-8-22)32(37)40-21(2)18-39-27-14-13-25(16-28(27)38-3)35-19-34-26-17-29(41-30(26)31(35)36)23-9-11-24(33)12-10-23/h4-14,16-17,19-21H,15,18H2,1-3H3/t20-,21?/m0/s1. The van der Waals surface area contributed by atoms with Crippen molar-refractivity contribution in [2.45, 2.75) is 26.4 Å². The van der Waals surface area contributed by atoms with Gasteiger partial charge in [-0.2, -0.15) is 0 Å². The molecular formula is C32H29ClN2O5S. The van der Waals surface area contributed by atoms with Gasteiger partial charge in [-0.3, -0.25) is 14.2 Å². The van der Waals surface area contributed by atoms with Crippen LogP contribution in [0.4, 0.5) is 0 Å². The van der Waals surface area contributed by atoms with E-state index in [0.29, 0.717) is 38.8 Å². The Balaban J connectivity index is 1.27. The molecule has 0 bridgehead atoms. The first-order chi connectivity index (χ1) is 19.8. The summed E-state index contributed by atoms with van der Waals surface area (Å²) in [7, 11) is 1.53. The fourth-order valence-corrected chi connectivity index (χ4v) is 5.56. The van der Waals surface area contributed by atoms with E-state index in [1.165, 1.54) is 29.3 Å². The summed E-state index contributed by atoms with van der Waals surface area (Å²) in [4.78, 5) is 31.4. The van der Waals surface area contributed by atoms with Gasteiger partial charge >= 0.3 is 5.97 Å². The van der Waals surface area contributed by atoms with Crippen LogP contribution in [0.5, 0.6) is 11.5 Å². The van der Waals surface area contributed by atoms with Crippen molar-refractivity contribution >= 4 is 39.1 Å². The van der Waals surface area contributed by atoms with Crippen molar-refractivity contribution in [1.29, 1.82) is 0 Å². The van der Waals surface area contributed by atoms with Gasteiger partial charge in [-0.05, 0) is 54.8 Å². The second-order valence-corrected chi connectivity index (χ2v) is 11.2. The van der Waals surface area contributed by atoms with Crippen LogP contribution in [0, 0.1) is 5.92 Å². The molecule has 0 aliphatic carbocycles. The van der Waals surface area contributed by atoms with E-state index in [9.17, 15) is 9.59 Å². The SMILES string of the molecule is COc1cc(-n2cnc3cc(-c4ccc(Cl)cc4)sc3c2=O)ccc1OCC(C)OC(=O)[C@@H](C)Cc1ccccc1. The number of ether oxygens (including phenoxy) is 3. The molecule has 2 aromatic heterocycles. The lowest BCUT2D eigenvalue weighted by molar-refractivity contribution is -0.153. The normalized spacial score (nSPS) is 12.6. The Kier molecular flexibility index (Phi) is 8.71. The smallest absolute Gasteiger partial charge is 0.309 e. The molecule has 0 saturated carbocycles. The molecule has 0 N–H and O–H groups in total. The third kappa shape index (κ3) is 6.61. The molecule has 5 rings (SSSR count). The van der Waals surface area contributed by atoms with Crippen LogP contribution >= 0.6 is 22.9 Å². The molecule has 9 heteroatoms. The summed E-state index contributed by atoms with van der Waals surface area (Å²) in [5.41, 5.74) is 3.09. The monoisotopic (exact) mass is 588 g/mol. The molecule has 0 aliphatic heterocycles. The Morgan fingerprint density at radius 1 is 1.00 bits per heavy atom. The number of aromatic nitrogens is 2. The van der Waals surface area contributed by atoms with Crippen LogP contribution in [0.3, 0.4) is 0 Å². The number of hydrogen-bond donors (Lipinski definition) is 0. The van der Waals surface area contributed by atoms with Crippen LogP contribution in [0.2, 0.25) is 5.02 Å². The number of thiophene rings is 1. The van der Waals surface area contributed by atoms with E-state index in [1.807, 2.05) is 67.6 Å². The fraction of sp³-hybridized carbons (Fsp3) is 0.219. The fourth-order valence-electron chi connectivity index (χ4n) is 4.38. The zero-order valence-corrected chi connectivity index (χ0v) is 24.4. The number of halogens is 1. The topological polar surface area (TPSA) is 79.7 Å². The molecule has 0 saturated heterocycles. The summed E-state index contributed by atoms with van der Waals surface area (Å²) in [6.07, 6.45) is 1.65. The van der Waals surface area contributed by atoms with Crippen molar-refractivity contribution in [3.63, 3.8) is 0 Å². The van der Waals surface area contributed by atoms with E-state index in [0.717, 1.165) is 16.0 Å². The zero-order chi connectivity index (χ0) is 28.9. The van der Waals surface area contributed by atoms with Crippen molar-refractivity contribution in [3.8, 4) is 27.6 Å². The summed E-state index contributed by atoms with van der Waals surface area (Å²) in [6, 6.07) is 24.4. The summed E-state index contributed by atoms with van der Waals surface area (Å²) >= 11 is 7.40. The highest BCUT2D eigenvalue weighted by molar-refractivity contribution is 7.22. The third-order valence-corrected chi connectivity index (χ3v) is 7.98. The van der Waals surface area contributed by atoms with Gasteiger partial charge in [0, 0.05) is 16.0 Å². The van der Waals surface area contributed by atoms with Crippen LogP contribution in [0.1, 0.15) is 19.4 Å². The van der Waals surface area contributed by atoms with Gasteiger partial charge in [0.25, 0.3) is 5.56 Å². The predicted molar refractivity (Wildman–Crippen MR) is 163 cm³/mol. The van der Waals surface area contributed by atoms with Crippen molar-refractivity contribution < 1.29 is 19.0 Å². The molecule has 210 valence electrons. The van der Waals surface area contributed by atoms with Gasteiger partial charge in [-0.1, -0.05) is 61.0 Å². The predicted octanol–water partition coefficient (Wildman–Crippen LogP) is 6.97. The molecule has 2 atom stereocenters. The lowest BCUT2D eigenvalue weighted by Gasteiger charge is -2.19. The summed E-state index contributed by atoms with van der Waals surface area (Å²) in [5.74, 6) is 0.365. The van der Waals surface area contributed by atoms with Gasteiger partial charge in [0.15, 0.2) is 11.5 Å². The maximum atomic E-state index is 13.4. The van der Waals surface area contributed by atoms with Crippen LogP contribution in [0.15, 0.2) is 90.0 Å². The van der Waals surface area contributed by atoms with E-state index >= 15 is 0 Å². The molecule has 0 aliphatic rings. The average molecular weight is 589 g/mol. The van der Waals surface area contributed by atoms with Crippen LogP contribution in [-0.4, -0.2) is 35.3 Å². The minimum atomic E-state index is -0.465. The number of methoxy groups -OCH3 is 1. The molecule has 0 spiro atoms. The molecule has 7 nitrogen and oxygen atoms in total. The molecule has 5 aromatic rings. The Morgan fingerprint density at radius 3 is 2.49 bits per heavy atom. The molecule has 2 heterocycles. The van der Waals surface area contributed by atoms with E-state index < -0.39 is 6.10 Å². The van der Waals surface area contributed by atoms with Crippen LogP contribution in [0.25, 0.3) is 26.3 Å². The third-order valence-electron chi connectivity index (χ3n) is 6.57. The first-order valence-electron chi connectivity index (χ1n) is 13.1. The summed E-state index contributed by atoms with van der Waals surface area (Å²) in [5, 5.41) is 0.653. The molecule has 3 aromatic carbocycles. The highest BCUT2D eigenvalue weighted by Gasteiger charge is 2.19. The van der Waals surface area contributed by atoms with E-state index in [1.54, 1.807) is 25.1 Å². The van der Waals surface area contributed by atoms with Crippen molar-refractivity contribution in [1.82, 2.24) is 9.55 Å². The molecule has 0 amide bonds. The quantitative estimate of drug-likeness (QED) is 0.164. The second kappa shape index (κ2) is 12.6. The number of rotatable bonds is 10. The lowest BCUT2D eigenvalue weighted by Crippen LogP contribution is -2.26. The maximum absolute atomic E-state index is 13.4. The number of benzene rings is 3. The van der Waals surface area contributed by atoms with Gasteiger partial charge in [-0.25, -0.2) is 4.98 Å². The van der Waals surface area contributed by atoms with Gasteiger partial charge in [0.2, 0.25) is 0 Å². The highest BCUT2D eigenvalue weighted by atomic mass is 35.5. The van der Waals surface area contributed by atoms with Crippen LogP contribution in [-0.2, 0) is 16.0 Å². The molecule has 0 fully saturated rings. The minimum absolute atomic E-state index is 0.148. The second-order valence-electron chi connectivity index (χ2n) is 9.74. The van der Waals surface area contributed by atoms with Gasteiger partial charge in [0.1, 0.15) is 23.7 Å². The van der Waals surface area contributed by atoms with Crippen molar-refractivity contribution in [2.24, 2.45) is 5.92 Å². The number of fused-ring (bicyclic) bond motifs is 1. The number of carbonyl (C=O) groups excluding carboxylic acids is 1. The van der Waals surface area contributed by atoms with E-state index in [4.69, 9.17) is 25.8 Å². The molecular weight excluding hydrogens is 560 g/mol. The zero-order valence-electron chi connectivity index (χ0n) is 22.9. The van der Waals surface area contributed by atoms with E-state index in [-0.39, 0.29) is 24.1 Å². The Hall–Kier alpha value is -4.14. The molecule has 1 unspecified atom stereocenters. The van der Waals surface area contributed by atoms with Crippen molar-refractivity contribution in [2.75, 3.05) is 13.7 Å². The Labute approximate surface area is 246 Å². The molecule has 0 radical (unpaired) electrons. The minimum Gasteiger partial charge on any atom is -0.493 e. The van der Waals surface area contributed by atoms with Gasteiger partial charge in [0.05, 0.1) is 24.2 Å². The largest absolute Gasteiger partial charge is 0.493 e. The van der Waals surface area contributed by atoms with Gasteiger partial charge < -0.3 is 14.2 Å². The van der Waals surface area contributed by atoms with Crippen molar-refractivity contribution in [3.05, 3.63) is 106 Å². The number of nitrogens with zero attached hydrogens (tertiary/aromatic N) is 2.